The first kappa shape index (κ1) is 13.6. The molecule has 0 aliphatic rings. The Hall–Kier alpha value is -1.42. The summed E-state index contributed by atoms with van der Waals surface area (Å²) in [7, 11) is 3.28. The van der Waals surface area contributed by atoms with E-state index in [1.165, 1.54) is 0 Å². The van der Waals surface area contributed by atoms with Crippen LogP contribution in [0, 0.1) is 0 Å². The summed E-state index contributed by atoms with van der Waals surface area (Å²) in [5, 5.41) is 0. The Kier molecular flexibility index (Phi) is 5.63. The molecule has 0 aromatic heterocycles. The third kappa shape index (κ3) is 3.53. The quantitative estimate of drug-likeness (QED) is 0.790. The van der Waals surface area contributed by atoms with Gasteiger partial charge in [0.15, 0.2) is 11.5 Å². The normalized spacial score (nSPS) is 10.1. The van der Waals surface area contributed by atoms with Gasteiger partial charge in [-0.15, -0.1) is 0 Å². The van der Waals surface area contributed by atoms with Crippen LogP contribution < -0.4 is 19.9 Å². The van der Waals surface area contributed by atoms with Gasteiger partial charge >= 0.3 is 0 Å². The highest BCUT2D eigenvalue weighted by atomic mass is 16.5. The average molecular weight is 239 g/mol. The van der Waals surface area contributed by atoms with Gasteiger partial charge in [0.2, 0.25) is 0 Å². The van der Waals surface area contributed by atoms with E-state index < -0.39 is 0 Å². The van der Waals surface area contributed by atoms with E-state index in [4.69, 9.17) is 19.9 Å². The molecule has 0 saturated carbocycles. The van der Waals surface area contributed by atoms with Gasteiger partial charge in [-0.2, -0.15) is 0 Å². The fourth-order valence-corrected chi connectivity index (χ4v) is 1.61. The number of rotatable bonds is 7. The molecule has 0 heterocycles. The van der Waals surface area contributed by atoms with Crippen LogP contribution in [0.5, 0.6) is 17.2 Å². The first-order valence-electron chi connectivity index (χ1n) is 5.84. The second-order valence-electron chi connectivity index (χ2n) is 3.70. The van der Waals surface area contributed by atoms with Crippen LogP contribution in [0.25, 0.3) is 0 Å². The van der Waals surface area contributed by atoms with Gasteiger partial charge < -0.3 is 19.9 Å². The van der Waals surface area contributed by atoms with Gasteiger partial charge in [0.05, 0.1) is 20.8 Å². The van der Waals surface area contributed by atoms with Crippen molar-refractivity contribution in [3.63, 3.8) is 0 Å². The highest BCUT2D eigenvalue weighted by Gasteiger charge is 2.11. The molecule has 0 fully saturated rings. The largest absolute Gasteiger partial charge is 0.496 e. The van der Waals surface area contributed by atoms with Gasteiger partial charge in [0, 0.05) is 6.07 Å². The maximum atomic E-state index is 5.62. The molecule has 17 heavy (non-hydrogen) atoms. The predicted octanol–water partition coefficient (Wildman–Crippen LogP) is 1.99. The van der Waals surface area contributed by atoms with Crippen molar-refractivity contribution in [1.29, 1.82) is 0 Å². The molecule has 4 nitrogen and oxygen atoms in total. The van der Waals surface area contributed by atoms with Gasteiger partial charge in [0.1, 0.15) is 5.75 Å². The highest BCUT2D eigenvalue weighted by molar-refractivity contribution is 5.50. The minimum absolute atomic E-state index is 0.578. The predicted molar refractivity (Wildman–Crippen MR) is 68.1 cm³/mol. The van der Waals surface area contributed by atoms with Crippen LogP contribution in [0.3, 0.4) is 0 Å². The summed E-state index contributed by atoms with van der Waals surface area (Å²) >= 11 is 0. The number of methoxy groups -OCH3 is 2. The Morgan fingerprint density at radius 1 is 1.06 bits per heavy atom. The van der Waals surface area contributed by atoms with Gasteiger partial charge in [0.25, 0.3) is 0 Å². The van der Waals surface area contributed by atoms with E-state index in [1.807, 2.05) is 12.1 Å². The second-order valence-corrected chi connectivity index (χ2v) is 3.70. The van der Waals surface area contributed by atoms with Crippen molar-refractivity contribution in [2.45, 2.75) is 19.8 Å². The number of ether oxygens (including phenoxy) is 3. The van der Waals surface area contributed by atoms with Crippen molar-refractivity contribution in [2.24, 2.45) is 5.73 Å². The van der Waals surface area contributed by atoms with Crippen LogP contribution in [0.1, 0.15) is 18.9 Å². The molecule has 2 N–H and O–H groups in total. The Morgan fingerprint density at radius 3 is 2.29 bits per heavy atom. The fourth-order valence-electron chi connectivity index (χ4n) is 1.61. The zero-order valence-corrected chi connectivity index (χ0v) is 10.8. The number of hydrogen-bond donors (Lipinski definition) is 1. The summed E-state index contributed by atoms with van der Waals surface area (Å²) in [5.74, 6) is 2.23. The molecule has 0 radical (unpaired) electrons. The van der Waals surface area contributed by atoms with Crippen molar-refractivity contribution in [3.8, 4) is 17.2 Å². The lowest BCUT2D eigenvalue weighted by Crippen LogP contribution is -2.06. The first-order chi connectivity index (χ1) is 8.26. The minimum Gasteiger partial charge on any atom is -0.496 e. The molecule has 4 heteroatoms. The summed E-state index contributed by atoms with van der Waals surface area (Å²) in [5.41, 5.74) is 6.60. The van der Waals surface area contributed by atoms with Gasteiger partial charge in [-0.3, -0.25) is 0 Å². The van der Waals surface area contributed by atoms with E-state index in [9.17, 15) is 0 Å². The first-order valence-corrected chi connectivity index (χ1v) is 5.84. The SMILES string of the molecule is CCCOc1cc(OC)c(CCN)cc1OC. The van der Waals surface area contributed by atoms with Crippen LogP contribution in [0.2, 0.25) is 0 Å². The third-order valence-corrected chi connectivity index (χ3v) is 2.44. The molecule has 0 saturated heterocycles. The van der Waals surface area contributed by atoms with E-state index in [0.717, 1.165) is 29.9 Å². The van der Waals surface area contributed by atoms with E-state index in [-0.39, 0.29) is 0 Å². The summed E-state index contributed by atoms with van der Waals surface area (Å²) in [6, 6.07) is 3.79. The lowest BCUT2D eigenvalue weighted by Gasteiger charge is -2.15. The molecule has 0 spiro atoms. The van der Waals surface area contributed by atoms with E-state index in [2.05, 4.69) is 6.92 Å². The van der Waals surface area contributed by atoms with Gasteiger partial charge in [-0.05, 0) is 31.0 Å². The minimum atomic E-state index is 0.578. The fraction of sp³-hybridized carbons (Fsp3) is 0.538. The van der Waals surface area contributed by atoms with Gasteiger partial charge in [-0.25, -0.2) is 0 Å². The van der Waals surface area contributed by atoms with E-state index in [1.54, 1.807) is 14.2 Å². The topological polar surface area (TPSA) is 53.7 Å². The van der Waals surface area contributed by atoms with Crippen molar-refractivity contribution in [2.75, 3.05) is 27.4 Å². The standard InChI is InChI=1S/C13H21NO3/c1-4-7-17-13-9-11(15-2)10(5-6-14)8-12(13)16-3/h8-9H,4-7,14H2,1-3H3. The van der Waals surface area contributed by atoms with Crippen LogP contribution in [-0.2, 0) is 6.42 Å². The zero-order chi connectivity index (χ0) is 12.7. The Labute approximate surface area is 103 Å². The van der Waals surface area contributed by atoms with Crippen LogP contribution in [-0.4, -0.2) is 27.4 Å². The summed E-state index contributed by atoms with van der Waals surface area (Å²) in [4.78, 5) is 0. The van der Waals surface area contributed by atoms with Crippen LogP contribution >= 0.6 is 0 Å². The molecule has 0 atom stereocenters. The molecule has 96 valence electrons. The van der Waals surface area contributed by atoms with Gasteiger partial charge in [-0.1, -0.05) is 6.92 Å². The summed E-state index contributed by atoms with van der Waals surface area (Å²) < 4.78 is 16.3. The van der Waals surface area contributed by atoms with Crippen molar-refractivity contribution in [1.82, 2.24) is 0 Å². The molecule has 0 unspecified atom stereocenters. The molecular formula is C13H21NO3. The lowest BCUT2D eigenvalue weighted by molar-refractivity contribution is 0.291. The van der Waals surface area contributed by atoms with E-state index >= 15 is 0 Å². The summed E-state index contributed by atoms with van der Waals surface area (Å²) in [6.07, 6.45) is 1.71. The Balaban J connectivity index is 3.04. The molecular weight excluding hydrogens is 218 g/mol. The number of benzene rings is 1. The van der Waals surface area contributed by atoms with Crippen molar-refractivity contribution < 1.29 is 14.2 Å². The smallest absolute Gasteiger partial charge is 0.164 e. The molecule has 1 aromatic rings. The zero-order valence-electron chi connectivity index (χ0n) is 10.8. The van der Waals surface area contributed by atoms with Crippen LogP contribution in [0.15, 0.2) is 12.1 Å². The molecule has 0 aliphatic carbocycles. The monoisotopic (exact) mass is 239 g/mol. The highest BCUT2D eigenvalue weighted by Crippen LogP contribution is 2.35. The third-order valence-electron chi connectivity index (χ3n) is 2.44. The average Bonchev–Trinajstić information content (AvgIpc) is 2.36. The van der Waals surface area contributed by atoms with Crippen molar-refractivity contribution in [3.05, 3.63) is 17.7 Å². The van der Waals surface area contributed by atoms with E-state index in [0.29, 0.717) is 18.9 Å². The maximum Gasteiger partial charge on any atom is 0.164 e. The Bertz CT molecular complexity index is 353. The maximum absolute atomic E-state index is 5.62. The number of hydrogen-bond acceptors (Lipinski definition) is 4. The van der Waals surface area contributed by atoms with Crippen molar-refractivity contribution >= 4 is 0 Å². The lowest BCUT2D eigenvalue weighted by atomic mass is 10.1. The molecule has 1 rings (SSSR count). The molecule has 1 aromatic carbocycles. The summed E-state index contributed by atoms with van der Waals surface area (Å²) in [6.45, 7) is 3.30. The number of nitrogens with two attached hydrogens (primary N) is 1. The van der Waals surface area contributed by atoms with Crippen LogP contribution in [0.4, 0.5) is 0 Å². The Morgan fingerprint density at radius 2 is 1.76 bits per heavy atom. The molecule has 0 aliphatic heterocycles. The molecule has 0 bridgehead atoms. The molecule has 0 amide bonds. The second kappa shape index (κ2) is 7.01.